The van der Waals surface area contributed by atoms with Gasteiger partial charge in [-0.15, -0.1) is 0 Å². The second-order valence-corrected chi connectivity index (χ2v) is 8.27. The lowest BCUT2D eigenvalue weighted by Gasteiger charge is -2.34. The first kappa shape index (κ1) is 18.4. The van der Waals surface area contributed by atoms with Crippen molar-refractivity contribution in [2.45, 2.75) is 63.4 Å². The summed E-state index contributed by atoms with van der Waals surface area (Å²) in [6.45, 7) is 9.76. The van der Waals surface area contributed by atoms with Crippen molar-refractivity contribution in [1.82, 2.24) is 0 Å². The average Bonchev–Trinajstić information content (AvgIpc) is 3.17. The summed E-state index contributed by atoms with van der Waals surface area (Å²) in [6, 6.07) is 0. The lowest BCUT2D eigenvalue weighted by atomic mass is 9.76. The first-order valence-corrected chi connectivity index (χ1v) is 8.91. The highest BCUT2D eigenvalue weighted by Gasteiger charge is 2.57. The van der Waals surface area contributed by atoms with Gasteiger partial charge in [-0.1, -0.05) is 30.4 Å². The van der Waals surface area contributed by atoms with Crippen LogP contribution in [0.4, 0.5) is 0 Å². The summed E-state index contributed by atoms with van der Waals surface area (Å²) in [5.41, 5.74) is 0.517. The maximum absolute atomic E-state index is 12.4. The molecular formula is C20H28O5. The Morgan fingerprint density at radius 2 is 2.12 bits per heavy atom. The summed E-state index contributed by atoms with van der Waals surface area (Å²) >= 11 is 0. The molecule has 0 unspecified atom stereocenters. The zero-order chi connectivity index (χ0) is 18.4. The quantitative estimate of drug-likeness (QED) is 0.455. The Morgan fingerprint density at radius 3 is 2.80 bits per heavy atom. The minimum Gasteiger partial charge on any atom is -0.461 e. The second kappa shape index (κ2) is 6.38. The van der Waals surface area contributed by atoms with E-state index in [2.05, 4.69) is 6.58 Å². The molecule has 0 spiro atoms. The Labute approximate surface area is 149 Å². The first-order valence-electron chi connectivity index (χ1n) is 8.91. The number of fused-ring (bicyclic) bond motifs is 2. The molecule has 1 saturated carbocycles. The summed E-state index contributed by atoms with van der Waals surface area (Å²) in [5.74, 6) is -0.689. The molecule has 25 heavy (non-hydrogen) atoms. The fourth-order valence-electron chi connectivity index (χ4n) is 4.00. The van der Waals surface area contributed by atoms with Crippen LogP contribution in [0.25, 0.3) is 0 Å². The number of carbonyl (C=O) groups is 1. The molecule has 0 amide bonds. The van der Waals surface area contributed by atoms with Crippen LogP contribution in [-0.4, -0.2) is 46.2 Å². The number of carbonyl (C=O) groups excluding carboxylic acids is 1. The molecule has 3 aliphatic rings. The molecule has 2 heterocycles. The van der Waals surface area contributed by atoms with Crippen LogP contribution in [0.5, 0.6) is 0 Å². The minimum absolute atomic E-state index is 0.00724. The number of ether oxygens (including phenoxy) is 2. The Balaban J connectivity index is 1.88. The van der Waals surface area contributed by atoms with Gasteiger partial charge in [-0.2, -0.15) is 0 Å². The van der Waals surface area contributed by atoms with Gasteiger partial charge in [0.1, 0.15) is 12.7 Å². The van der Waals surface area contributed by atoms with E-state index >= 15 is 0 Å². The van der Waals surface area contributed by atoms with Crippen LogP contribution in [0.1, 0.15) is 40.0 Å². The van der Waals surface area contributed by atoms with E-state index in [9.17, 15) is 15.0 Å². The predicted molar refractivity (Wildman–Crippen MR) is 93.7 cm³/mol. The van der Waals surface area contributed by atoms with Gasteiger partial charge in [-0.3, -0.25) is 4.79 Å². The molecule has 5 atom stereocenters. The molecule has 0 aromatic carbocycles. The van der Waals surface area contributed by atoms with Crippen molar-refractivity contribution in [3.05, 3.63) is 36.0 Å². The van der Waals surface area contributed by atoms with Gasteiger partial charge >= 0.3 is 5.97 Å². The fourth-order valence-corrected chi connectivity index (χ4v) is 4.00. The predicted octanol–water partition coefficient (Wildman–Crippen LogP) is 2.29. The van der Waals surface area contributed by atoms with Crippen molar-refractivity contribution in [1.29, 1.82) is 0 Å². The number of aliphatic hydroxyl groups excluding tert-OH is 1. The molecule has 2 aliphatic heterocycles. The first-order chi connectivity index (χ1) is 11.6. The van der Waals surface area contributed by atoms with E-state index in [1.807, 2.05) is 19.1 Å². The third kappa shape index (κ3) is 3.89. The van der Waals surface area contributed by atoms with Gasteiger partial charge in [0.05, 0.1) is 23.2 Å². The average molecular weight is 348 g/mol. The van der Waals surface area contributed by atoms with Gasteiger partial charge in [-0.25, -0.2) is 0 Å². The SMILES string of the molecule is C=C1C[C@H](O)[C@@H]2O[C@@]2(C)CC[C@H]2/C(=C\C=C\C(C)(C)O)COC(=O)[C@H]12. The number of rotatable bonds is 2. The summed E-state index contributed by atoms with van der Waals surface area (Å²) in [5, 5.41) is 20.2. The van der Waals surface area contributed by atoms with Crippen LogP contribution in [0.2, 0.25) is 0 Å². The molecule has 2 saturated heterocycles. The Hall–Kier alpha value is -1.43. The molecule has 0 radical (unpaired) electrons. The zero-order valence-electron chi connectivity index (χ0n) is 15.2. The lowest BCUT2D eigenvalue weighted by molar-refractivity contribution is -0.151. The van der Waals surface area contributed by atoms with E-state index in [0.29, 0.717) is 12.0 Å². The summed E-state index contributed by atoms with van der Waals surface area (Å²) in [7, 11) is 0. The van der Waals surface area contributed by atoms with Crippen molar-refractivity contribution in [2.75, 3.05) is 6.61 Å². The van der Waals surface area contributed by atoms with Crippen molar-refractivity contribution in [2.24, 2.45) is 11.8 Å². The molecule has 3 fully saturated rings. The third-order valence-corrected chi connectivity index (χ3v) is 5.48. The molecule has 5 nitrogen and oxygen atoms in total. The standard InChI is InChI=1S/C20H28O5/c1-12-10-15(21)17-20(4,25-17)9-7-14-13(6-5-8-19(2,3)23)11-24-18(22)16(12)14/h5-6,8,14-17,21,23H,1,7,9-11H2,2-4H3/b8-5+,13-6-/t14-,15-,16+,17-,20-/m0/s1. The van der Waals surface area contributed by atoms with Crippen molar-refractivity contribution in [3.63, 3.8) is 0 Å². The Morgan fingerprint density at radius 1 is 1.40 bits per heavy atom. The monoisotopic (exact) mass is 348 g/mol. The highest BCUT2D eigenvalue weighted by Crippen LogP contribution is 2.49. The number of hydrogen-bond acceptors (Lipinski definition) is 5. The van der Waals surface area contributed by atoms with E-state index in [1.54, 1.807) is 19.9 Å². The largest absolute Gasteiger partial charge is 0.461 e. The number of aliphatic hydroxyl groups is 2. The van der Waals surface area contributed by atoms with Crippen molar-refractivity contribution >= 4 is 5.97 Å². The molecule has 3 rings (SSSR count). The van der Waals surface area contributed by atoms with Crippen molar-refractivity contribution < 1.29 is 24.5 Å². The Kier molecular flexibility index (Phi) is 4.69. The van der Waals surface area contributed by atoms with Crippen LogP contribution in [0, 0.1) is 11.8 Å². The maximum Gasteiger partial charge on any atom is 0.314 e. The maximum atomic E-state index is 12.4. The van der Waals surface area contributed by atoms with Gasteiger partial charge in [0.2, 0.25) is 0 Å². The van der Waals surface area contributed by atoms with Crippen LogP contribution < -0.4 is 0 Å². The van der Waals surface area contributed by atoms with Gasteiger partial charge < -0.3 is 19.7 Å². The van der Waals surface area contributed by atoms with E-state index < -0.39 is 17.6 Å². The zero-order valence-corrected chi connectivity index (χ0v) is 15.2. The molecule has 138 valence electrons. The number of epoxide rings is 1. The summed E-state index contributed by atoms with van der Waals surface area (Å²) in [4.78, 5) is 12.4. The molecule has 0 aromatic rings. The molecule has 5 heteroatoms. The van der Waals surface area contributed by atoms with Crippen LogP contribution >= 0.6 is 0 Å². The Bertz CT molecular complexity index is 626. The lowest BCUT2D eigenvalue weighted by Crippen LogP contribution is -2.36. The number of esters is 1. The highest BCUT2D eigenvalue weighted by atomic mass is 16.6. The smallest absolute Gasteiger partial charge is 0.314 e. The second-order valence-electron chi connectivity index (χ2n) is 8.27. The summed E-state index contributed by atoms with van der Waals surface area (Å²) < 4.78 is 11.1. The number of hydrogen-bond donors (Lipinski definition) is 2. The van der Waals surface area contributed by atoms with E-state index in [1.165, 1.54) is 0 Å². The molecular weight excluding hydrogens is 320 g/mol. The molecule has 1 aliphatic carbocycles. The highest BCUT2D eigenvalue weighted by molar-refractivity contribution is 5.78. The van der Waals surface area contributed by atoms with E-state index in [0.717, 1.165) is 18.4 Å². The normalized spacial score (nSPS) is 40.8. The number of allylic oxidation sites excluding steroid dienone is 2. The van der Waals surface area contributed by atoms with Crippen LogP contribution in [-0.2, 0) is 14.3 Å². The summed E-state index contributed by atoms with van der Waals surface area (Å²) in [6.07, 6.45) is 6.55. The minimum atomic E-state index is -0.892. The topological polar surface area (TPSA) is 79.3 Å². The van der Waals surface area contributed by atoms with Crippen molar-refractivity contribution in [3.8, 4) is 0 Å². The van der Waals surface area contributed by atoms with Crippen LogP contribution in [0.3, 0.4) is 0 Å². The van der Waals surface area contributed by atoms with E-state index in [4.69, 9.17) is 9.47 Å². The van der Waals surface area contributed by atoms with E-state index in [-0.39, 0.29) is 30.2 Å². The van der Waals surface area contributed by atoms with Gasteiger partial charge in [-0.05, 0) is 45.6 Å². The van der Waals surface area contributed by atoms with Gasteiger partial charge in [0, 0.05) is 5.92 Å². The third-order valence-electron chi connectivity index (χ3n) is 5.48. The fraction of sp³-hybridized carbons (Fsp3) is 0.650. The van der Waals surface area contributed by atoms with Gasteiger partial charge in [0.25, 0.3) is 0 Å². The molecule has 2 N–H and O–H groups in total. The number of cyclic esters (lactones) is 1. The molecule has 0 aromatic heterocycles. The van der Waals surface area contributed by atoms with Crippen LogP contribution in [0.15, 0.2) is 36.0 Å². The molecule has 0 bridgehead atoms. The van der Waals surface area contributed by atoms with Gasteiger partial charge in [0.15, 0.2) is 0 Å².